The summed E-state index contributed by atoms with van der Waals surface area (Å²) < 4.78 is 21.6. The first-order chi connectivity index (χ1) is 16.9. The van der Waals surface area contributed by atoms with Gasteiger partial charge in [0.1, 0.15) is 12.7 Å². The van der Waals surface area contributed by atoms with Gasteiger partial charge in [0.25, 0.3) is 0 Å². The highest BCUT2D eigenvalue weighted by atomic mass is 28.2. The van der Waals surface area contributed by atoms with E-state index in [0.29, 0.717) is 65.6 Å². The van der Waals surface area contributed by atoms with Gasteiger partial charge in [-0.1, -0.05) is 34.6 Å². The molecule has 206 valence electrons. The maximum Gasteiger partial charge on any atom is 0.407 e. The maximum atomic E-state index is 13.4. The number of epoxide rings is 1. The van der Waals surface area contributed by atoms with Crippen LogP contribution in [-0.2, 0) is 18.3 Å². The largest absolute Gasteiger partial charge is 0.447 e. The fraction of sp³-hybridized carbons (Fsp3) is 0.920. The van der Waals surface area contributed by atoms with Gasteiger partial charge in [0.05, 0.1) is 6.61 Å². The number of amides is 3. The summed E-state index contributed by atoms with van der Waals surface area (Å²) in [6.07, 6.45) is 2.29. The van der Waals surface area contributed by atoms with Gasteiger partial charge in [-0.3, -0.25) is 0 Å². The number of ether oxygens (including phenoxy) is 2. The van der Waals surface area contributed by atoms with Crippen molar-refractivity contribution in [3.63, 3.8) is 0 Å². The summed E-state index contributed by atoms with van der Waals surface area (Å²) in [6, 6.07) is -0.0477. The fourth-order valence-corrected chi connectivity index (χ4v) is 6.73. The van der Waals surface area contributed by atoms with E-state index >= 15 is 0 Å². The first-order valence-electron chi connectivity index (χ1n) is 13.3. The molecule has 9 nitrogen and oxygen atoms in total. The van der Waals surface area contributed by atoms with E-state index in [9.17, 15) is 9.59 Å². The van der Waals surface area contributed by atoms with Gasteiger partial charge < -0.3 is 33.9 Å². The summed E-state index contributed by atoms with van der Waals surface area (Å²) in [5.74, 6) is 0. The van der Waals surface area contributed by atoms with Gasteiger partial charge >= 0.3 is 12.1 Å². The molecule has 5 atom stereocenters. The van der Waals surface area contributed by atoms with E-state index in [-0.39, 0.29) is 46.2 Å². The Bertz CT molecular complexity index is 681. The third-order valence-corrected chi connectivity index (χ3v) is 8.45. The van der Waals surface area contributed by atoms with E-state index in [2.05, 4.69) is 45.3 Å². The molecule has 4 radical (unpaired) electrons. The van der Waals surface area contributed by atoms with E-state index in [1.54, 1.807) is 0 Å². The van der Waals surface area contributed by atoms with Gasteiger partial charge in [0, 0.05) is 38.9 Å². The number of hydrogen-bond donors (Lipinski definition) is 2. The summed E-state index contributed by atoms with van der Waals surface area (Å²) in [7, 11) is 0.734. The zero-order valence-corrected chi connectivity index (χ0v) is 25.3. The molecule has 1 saturated carbocycles. The van der Waals surface area contributed by atoms with E-state index in [0.717, 1.165) is 19.3 Å². The smallest absolute Gasteiger partial charge is 0.407 e. The van der Waals surface area contributed by atoms with Crippen molar-refractivity contribution >= 4 is 31.7 Å². The molecule has 2 rings (SSSR count). The molecule has 3 amide bonds. The number of alkyl carbamates (subject to hydrolysis) is 1. The molecule has 0 aromatic carbocycles. The molecule has 0 aromatic heterocycles. The van der Waals surface area contributed by atoms with Crippen LogP contribution >= 0.6 is 0 Å². The quantitative estimate of drug-likeness (QED) is 0.242. The lowest BCUT2D eigenvalue weighted by Crippen LogP contribution is -2.52. The topological polar surface area (TPSA) is 102 Å². The number of nitrogens with one attached hydrogen (secondary N) is 2. The number of nitrogens with zero attached hydrogens (tertiary/aromatic N) is 1. The lowest BCUT2D eigenvalue weighted by Gasteiger charge is -2.47. The second-order valence-electron chi connectivity index (χ2n) is 11.4. The Kier molecular flexibility index (Phi) is 12.7. The van der Waals surface area contributed by atoms with Gasteiger partial charge in [0.2, 0.25) is 19.5 Å². The van der Waals surface area contributed by atoms with Gasteiger partial charge in [0.15, 0.2) is 0 Å². The highest BCUT2D eigenvalue weighted by Gasteiger charge is 2.42. The molecule has 0 aromatic rings. The predicted molar refractivity (Wildman–Crippen MR) is 142 cm³/mol. The van der Waals surface area contributed by atoms with Crippen LogP contribution in [0.4, 0.5) is 9.59 Å². The van der Waals surface area contributed by atoms with Gasteiger partial charge in [-0.15, -0.1) is 0 Å². The zero-order valence-electron chi connectivity index (χ0n) is 23.3. The highest BCUT2D eigenvalue weighted by molar-refractivity contribution is 6.30. The fourth-order valence-electron chi connectivity index (χ4n) is 5.24. The van der Waals surface area contributed by atoms with Crippen LogP contribution in [0.5, 0.6) is 0 Å². The Balaban J connectivity index is 1.96. The van der Waals surface area contributed by atoms with E-state index in [1.165, 1.54) is 0 Å². The van der Waals surface area contributed by atoms with Crippen LogP contribution in [0.3, 0.4) is 0 Å². The van der Waals surface area contributed by atoms with Crippen molar-refractivity contribution in [3.05, 3.63) is 0 Å². The Morgan fingerprint density at radius 2 is 1.64 bits per heavy atom. The lowest BCUT2D eigenvalue weighted by atomic mass is 9.62. The minimum absolute atomic E-state index is 0.000735. The molecule has 0 bridgehead atoms. The number of carbonyl (C=O) groups excluding carboxylic acids is 2. The Labute approximate surface area is 223 Å². The first-order valence-corrected chi connectivity index (χ1v) is 15.2. The van der Waals surface area contributed by atoms with Crippen LogP contribution in [0.1, 0.15) is 67.7 Å². The second-order valence-corrected chi connectivity index (χ2v) is 14.4. The van der Waals surface area contributed by atoms with Crippen molar-refractivity contribution in [2.75, 3.05) is 46.1 Å². The molecule has 1 saturated heterocycles. The molecule has 2 N–H and O–H groups in total. The van der Waals surface area contributed by atoms with Gasteiger partial charge in [-0.25, -0.2) is 9.59 Å². The Hall–Kier alpha value is -1.15. The lowest BCUT2D eigenvalue weighted by molar-refractivity contribution is 0.0643. The van der Waals surface area contributed by atoms with Crippen LogP contribution in [0.15, 0.2) is 0 Å². The third kappa shape index (κ3) is 11.9. The zero-order chi connectivity index (χ0) is 26.8. The number of urea groups is 1. The van der Waals surface area contributed by atoms with Gasteiger partial charge in [-0.2, -0.15) is 0 Å². The maximum absolute atomic E-state index is 13.4. The Morgan fingerprint density at radius 1 is 1.06 bits per heavy atom. The minimum Gasteiger partial charge on any atom is -0.447 e. The van der Waals surface area contributed by atoms with Crippen molar-refractivity contribution in [2.45, 2.75) is 91.0 Å². The predicted octanol–water partition coefficient (Wildman–Crippen LogP) is 3.64. The van der Waals surface area contributed by atoms with E-state index < -0.39 is 0 Å². The SMILES string of the molecule is CCO[Si]C(C)CN(CC(C)[Si]OCC)C(=O)NCC1(C)CC(NC(=O)OCC2CO2)CC(C)(C)C1. The molecule has 0 spiro atoms. The normalized spacial score (nSPS) is 26.5. The molecular weight excluding hydrogens is 494 g/mol. The molecule has 2 fully saturated rings. The first kappa shape index (κ1) is 31.1. The van der Waals surface area contributed by atoms with Crippen LogP contribution < -0.4 is 10.6 Å². The summed E-state index contributed by atoms with van der Waals surface area (Å²) >= 11 is 0. The monoisotopic (exact) mass is 541 g/mol. The van der Waals surface area contributed by atoms with E-state index in [4.69, 9.17) is 18.3 Å². The molecule has 1 heterocycles. The van der Waals surface area contributed by atoms with Crippen molar-refractivity contribution in [1.29, 1.82) is 0 Å². The average Bonchev–Trinajstić information content (AvgIpc) is 3.61. The molecule has 5 unspecified atom stereocenters. The van der Waals surface area contributed by atoms with Crippen molar-refractivity contribution in [2.24, 2.45) is 10.8 Å². The second kappa shape index (κ2) is 14.7. The molecule has 11 heteroatoms. The van der Waals surface area contributed by atoms with Gasteiger partial charge in [-0.05, 0) is 55.0 Å². The number of rotatable bonds is 15. The Morgan fingerprint density at radius 3 is 2.17 bits per heavy atom. The molecule has 2 aliphatic rings. The average molecular weight is 542 g/mol. The minimum atomic E-state index is -0.390. The third-order valence-electron chi connectivity index (χ3n) is 6.37. The number of carbonyl (C=O) groups is 2. The van der Waals surface area contributed by atoms with Crippen molar-refractivity contribution < 1.29 is 27.9 Å². The standard InChI is InChI=1S/C25H47N3O6Si2/c1-8-33-35-18(3)12-28(13-19(4)36-34-9-2)22(29)26-17-25(7)11-20(10-24(5,6)16-25)27-23(30)32-15-21-14-31-21/h18-21H,8-17H2,1-7H3,(H,26,29)(H,27,30). The van der Waals surface area contributed by atoms with Crippen molar-refractivity contribution in [3.8, 4) is 0 Å². The summed E-state index contributed by atoms with van der Waals surface area (Å²) in [4.78, 5) is 27.6. The molecule has 1 aliphatic carbocycles. The van der Waals surface area contributed by atoms with Crippen LogP contribution in [0.2, 0.25) is 11.1 Å². The molecule has 1 aliphatic heterocycles. The van der Waals surface area contributed by atoms with Crippen LogP contribution in [-0.4, -0.2) is 94.8 Å². The molecule has 36 heavy (non-hydrogen) atoms. The summed E-state index contributed by atoms with van der Waals surface area (Å²) in [6.45, 7) is 19.1. The summed E-state index contributed by atoms with van der Waals surface area (Å²) in [5.41, 5.74) is 0.430. The molecular formula is C25H47N3O6Si2. The highest BCUT2D eigenvalue weighted by Crippen LogP contribution is 2.45. The number of hydrogen-bond acceptors (Lipinski definition) is 6. The summed E-state index contributed by atoms with van der Waals surface area (Å²) in [5, 5.41) is 6.28. The van der Waals surface area contributed by atoms with E-state index in [1.807, 2.05) is 18.7 Å². The van der Waals surface area contributed by atoms with Crippen LogP contribution in [0.25, 0.3) is 0 Å². The van der Waals surface area contributed by atoms with Crippen LogP contribution in [0, 0.1) is 10.8 Å². The van der Waals surface area contributed by atoms with Crippen molar-refractivity contribution in [1.82, 2.24) is 15.5 Å².